The number of anilines is 1. The van der Waals surface area contributed by atoms with Gasteiger partial charge in [0, 0.05) is 19.3 Å². The van der Waals surface area contributed by atoms with E-state index in [1.807, 2.05) is 0 Å². The molecule has 1 heterocycles. The highest BCUT2D eigenvalue weighted by Crippen LogP contribution is 2.42. The van der Waals surface area contributed by atoms with Crippen molar-refractivity contribution in [3.8, 4) is 0 Å². The van der Waals surface area contributed by atoms with Crippen LogP contribution in [0.15, 0.2) is 36.5 Å². The molecule has 1 saturated carbocycles. The molecule has 21 heavy (non-hydrogen) atoms. The SMILES string of the molecule is Cn1ccc(NC(=O)C2(c3ccc(F)cc3)CCCC2)n1. The van der Waals surface area contributed by atoms with Crippen LogP contribution >= 0.6 is 0 Å². The van der Waals surface area contributed by atoms with E-state index in [1.165, 1.54) is 12.1 Å². The van der Waals surface area contributed by atoms with E-state index >= 15 is 0 Å². The molecule has 1 fully saturated rings. The van der Waals surface area contributed by atoms with E-state index < -0.39 is 5.41 Å². The van der Waals surface area contributed by atoms with Gasteiger partial charge in [0.15, 0.2) is 5.82 Å². The Balaban J connectivity index is 1.89. The fraction of sp³-hybridized carbons (Fsp3) is 0.375. The number of nitrogens with zero attached hydrogens (tertiary/aromatic N) is 2. The van der Waals surface area contributed by atoms with E-state index in [2.05, 4.69) is 10.4 Å². The molecule has 0 saturated heterocycles. The summed E-state index contributed by atoms with van der Waals surface area (Å²) < 4.78 is 14.8. The summed E-state index contributed by atoms with van der Waals surface area (Å²) in [7, 11) is 1.81. The smallest absolute Gasteiger partial charge is 0.236 e. The van der Waals surface area contributed by atoms with Crippen LogP contribution in [-0.2, 0) is 17.3 Å². The van der Waals surface area contributed by atoms with Gasteiger partial charge in [0.25, 0.3) is 0 Å². The first-order chi connectivity index (χ1) is 10.1. The molecule has 1 N–H and O–H groups in total. The number of nitrogens with one attached hydrogen (secondary N) is 1. The molecule has 1 amide bonds. The van der Waals surface area contributed by atoms with Crippen LogP contribution in [0.1, 0.15) is 31.2 Å². The standard InChI is InChI=1S/C16H18FN3O/c1-20-11-8-14(19-20)18-15(21)16(9-2-3-10-16)12-4-6-13(17)7-5-12/h4-8,11H,2-3,9-10H2,1H3,(H,18,19,21). The van der Waals surface area contributed by atoms with Gasteiger partial charge in [-0.3, -0.25) is 9.48 Å². The summed E-state index contributed by atoms with van der Waals surface area (Å²) in [6.45, 7) is 0. The number of aryl methyl sites for hydroxylation is 1. The Morgan fingerprint density at radius 2 is 1.90 bits per heavy atom. The van der Waals surface area contributed by atoms with Gasteiger partial charge in [-0.25, -0.2) is 4.39 Å². The van der Waals surface area contributed by atoms with Gasteiger partial charge in [0.2, 0.25) is 5.91 Å². The lowest BCUT2D eigenvalue weighted by atomic mass is 9.78. The molecule has 0 bridgehead atoms. The highest BCUT2D eigenvalue weighted by Gasteiger charge is 2.42. The molecule has 1 aromatic heterocycles. The minimum Gasteiger partial charge on any atom is -0.308 e. The van der Waals surface area contributed by atoms with Crippen LogP contribution in [0.2, 0.25) is 0 Å². The van der Waals surface area contributed by atoms with E-state index in [9.17, 15) is 9.18 Å². The number of halogens is 1. The van der Waals surface area contributed by atoms with E-state index in [4.69, 9.17) is 0 Å². The molecular weight excluding hydrogens is 269 g/mol. The van der Waals surface area contributed by atoms with Crippen LogP contribution < -0.4 is 5.32 Å². The molecule has 2 aromatic rings. The number of carbonyl (C=O) groups excluding carboxylic acids is 1. The van der Waals surface area contributed by atoms with Crippen molar-refractivity contribution >= 4 is 11.7 Å². The van der Waals surface area contributed by atoms with Crippen molar-refractivity contribution in [1.82, 2.24) is 9.78 Å². The number of hydrogen-bond acceptors (Lipinski definition) is 2. The molecule has 1 aliphatic carbocycles. The molecule has 0 aliphatic heterocycles. The highest BCUT2D eigenvalue weighted by atomic mass is 19.1. The zero-order valence-electron chi connectivity index (χ0n) is 12.0. The van der Waals surface area contributed by atoms with Crippen LogP contribution in [-0.4, -0.2) is 15.7 Å². The molecule has 110 valence electrons. The van der Waals surface area contributed by atoms with Crippen molar-refractivity contribution in [2.75, 3.05) is 5.32 Å². The topological polar surface area (TPSA) is 46.9 Å². The summed E-state index contributed by atoms with van der Waals surface area (Å²) in [5.74, 6) is 0.221. The zero-order valence-corrected chi connectivity index (χ0v) is 12.0. The van der Waals surface area contributed by atoms with Crippen LogP contribution in [0.4, 0.5) is 10.2 Å². The van der Waals surface area contributed by atoms with Crippen molar-refractivity contribution in [2.45, 2.75) is 31.1 Å². The Hall–Kier alpha value is -2.17. The molecule has 5 heteroatoms. The highest BCUT2D eigenvalue weighted by molar-refractivity contribution is 5.98. The second-order valence-electron chi connectivity index (χ2n) is 5.62. The molecular formula is C16H18FN3O. The van der Waals surface area contributed by atoms with Crippen LogP contribution in [0.3, 0.4) is 0 Å². The predicted molar refractivity (Wildman–Crippen MR) is 78.4 cm³/mol. The third-order valence-electron chi connectivity index (χ3n) is 4.24. The van der Waals surface area contributed by atoms with Gasteiger partial charge in [-0.2, -0.15) is 5.10 Å². The fourth-order valence-electron chi connectivity index (χ4n) is 3.11. The third kappa shape index (κ3) is 2.55. The van der Waals surface area contributed by atoms with Crippen LogP contribution in [0.5, 0.6) is 0 Å². The van der Waals surface area contributed by atoms with Crippen molar-refractivity contribution in [2.24, 2.45) is 7.05 Å². The number of hydrogen-bond donors (Lipinski definition) is 1. The summed E-state index contributed by atoms with van der Waals surface area (Å²) in [5, 5.41) is 7.08. The normalized spacial score (nSPS) is 16.9. The fourth-order valence-corrected chi connectivity index (χ4v) is 3.11. The van der Waals surface area contributed by atoms with Gasteiger partial charge < -0.3 is 5.32 Å². The molecule has 0 radical (unpaired) electrons. The molecule has 0 spiro atoms. The van der Waals surface area contributed by atoms with Crippen molar-refractivity contribution < 1.29 is 9.18 Å². The van der Waals surface area contributed by atoms with Gasteiger partial charge in [0.05, 0.1) is 5.41 Å². The zero-order chi connectivity index (χ0) is 14.9. The molecule has 0 unspecified atom stereocenters. The average molecular weight is 287 g/mol. The Bertz CT molecular complexity index is 642. The van der Waals surface area contributed by atoms with Gasteiger partial charge >= 0.3 is 0 Å². The summed E-state index contributed by atoms with van der Waals surface area (Å²) in [4.78, 5) is 12.8. The first-order valence-electron chi connectivity index (χ1n) is 7.17. The summed E-state index contributed by atoms with van der Waals surface area (Å²) in [6.07, 6.45) is 5.38. The van der Waals surface area contributed by atoms with Gasteiger partial charge in [-0.05, 0) is 30.5 Å². The second-order valence-corrected chi connectivity index (χ2v) is 5.62. The Morgan fingerprint density at radius 1 is 1.24 bits per heavy atom. The van der Waals surface area contributed by atoms with E-state index in [0.29, 0.717) is 5.82 Å². The number of rotatable bonds is 3. The lowest BCUT2D eigenvalue weighted by Gasteiger charge is -2.27. The Labute approximate surface area is 123 Å². The second kappa shape index (κ2) is 5.31. The first-order valence-corrected chi connectivity index (χ1v) is 7.17. The monoisotopic (exact) mass is 287 g/mol. The number of amides is 1. The molecule has 3 rings (SSSR count). The number of carbonyl (C=O) groups is 1. The molecule has 0 atom stereocenters. The minimum atomic E-state index is -0.564. The maximum atomic E-state index is 13.1. The summed E-state index contributed by atoms with van der Waals surface area (Å²) in [5.41, 5.74) is 0.320. The molecule has 1 aliphatic rings. The number of aromatic nitrogens is 2. The molecule has 1 aromatic carbocycles. The van der Waals surface area contributed by atoms with Gasteiger partial charge in [-0.1, -0.05) is 25.0 Å². The average Bonchev–Trinajstić information content (AvgIpc) is 3.10. The van der Waals surface area contributed by atoms with Crippen LogP contribution in [0.25, 0.3) is 0 Å². The first kappa shape index (κ1) is 13.8. The Morgan fingerprint density at radius 3 is 2.48 bits per heavy atom. The lowest BCUT2D eigenvalue weighted by Crippen LogP contribution is -2.38. The maximum absolute atomic E-state index is 13.1. The predicted octanol–water partition coefficient (Wildman–Crippen LogP) is 3.01. The summed E-state index contributed by atoms with van der Waals surface area (Å²) >= 11 is 0. The van der Waals surface area contributed by atoms with E-state index in [1.54, 1.807) is 36.1 Å². The van der Waals surface area contributed by atoms with Gasteiger partial charge in [0.1, 0.15) is 5.82 Å². The van der Waals surface area contributed by atoms with Crippen molar-refractivity contribution in [1.29, 1.82) is 0 Å². The van der Waals surface area contributed by atoms with Crippen molar-refractivity contribution in [3.63, 3.8) is 0 Å². The quantitative estimate of drug-likeness (QED) is 0.943. The maximum Gasteiger partial charge on any atom is 0.236 e. The summed E-state index contributed by atoms with van der Waals surface area (Å²) in [6, 6.07) is 8.05. The third-order valence-corrected chi connectivity index (χ3v) is 4.24. The van der Waals surface area contributed by atoms with Crippen molar-refractivity contribution in [3.05, 3.63) is 47.9 Å². The van der Waals surface area contributed by atoms with Gasteiger partial charge in [-0.15, -0.1) is 0 Å². The minimum absolute atomic E-state index is 0.0506. The lowest BCUT2D eigenvalue weighted by molar-refractivity contribution is -0.121. The van der Waals surface area contributed by atoms with E-state index in [0.717, 1.165) is 31.2 Å². The largest absolute Gasteiger partial charge is 0.308 e. The number of benzene rings is 1. The van der Waals surface area contributed by atoms with Crippen LogP contribution in [0, 0.1) is 5.82 Å². The molecule has 4 nitrogen and oxygen atoms in total. The Kier molecular flexibility index (Phi) is 3.49. The van der Waals surface area contributed by atoms with E-state index in [-0.39, 0.29) is 11.7 Å².